The summed E-state index contributed by atoms with van der Waals surface area (Å²) in [4.78, 5) is 24.1. The topological polar surface area (TPSA) is 57.6 Å². The summed E-state index contributed by atoms with van der Waals surface area (Å²) in [5.41, 5.74) is 0. The molecule has 1 aliphatic carbocycles. The van der Waals surface area contributed by atoms with E-state index < -0.39 is 16.2 Å². The van der Waals surface area contributed by atoms with Crippen LogP contribution in [0.3, 0.4) is 0 Å². The Morgan fingerprint density at radius 2 is 2.06 bits per heavy atom. The first kappa shape index (κ1) is 13.6. The molecule has 0 heterocycles. The van der Waals surface area contributed by atoms with Crippen molar-refractivity contribution in [1.82, 2.24) is 4.90 Å². The van der Waals surface area contributed by atoms with Gasteiger partial charge >= 0.3 is 5.97 Å². The number of carbonyl (C=O) groups is 2. The number of amides is 1. The monoisotopic (exact) mass is 267 g/mol. The third-order valence-electron chi connectivity index (χ3n) is 2.73. The summed E-state index contributed by atoms with van der Waals surface area (Å²) in [7, 11) is 0. The maximum absolute atomic E-state index is 11.9. The lowest BCUT2D eigenvalue weighted by atomic mass is 10.1. The van der Waals surface area contributed by atoms with Crippen molar-refractivity contribution in [2.45, 2.75) is 24.6 Å². The van der Waals surface area contributed by atoms with Gasteiger partial charge in [-0.3, -0.25) is 9.59 Å². The molecule has 0 saturated heterocycles. The number of carboxylic acids is 1. The highest BCUT2D eigenvalue weighted by Crippen LogP contribution is 2.53. The third kappa shape index (κ3) is 3.01. The van der Waals surface area contributed by atoms with Gasteiger partial charge in [-0.05, 0) is 13.3 Å². The molecule has 0 aromatic carbocycles. The van der Waals surface area contributed by atoms with E-state index in [1.807, 2.05) is 0 Å². The number of carbonyl (C=O) groups excluding carboxylic acids is 1. The fraction of sp³-hybridized carbons (Fsp3) is 0.800. The first-order valence-electron chi connectivity index (χ1n) is 5.19. The molecule has 92 valence electrons. The minimum Gasteiger partial charge on any atom is -0.481 e. The molecule has 2 atom stereocenters. The molecule has 1 rings (SSSR count). The summed E-state index contributed by atoms with van der Waals surface area (Å²) in [6, 6.07) is 0. The number of hydrogen-bond donors (Lipinski definition) is 1. The van der Waals surface area contributed by atoms with Gasteiger partial charge in [-0.25, -0.2) is 0 Å². The Bertz CT molecular complexity index is 306. The van der Waals surface area contributed by atoms with Crippen molar-refractivity contribution < 1.29 is 14.7 Å². The Balaban J connectivity index is 2.55. The number of aliphatic carboxylic acids is 1. The molecule has 6 heteroatoms. The summed E-state index contributed by atoms with van der Waals surface area (Å²) in [5, 5.41) is 8.77. The molecule has 0 spiro atoms. The van der Waals surface area contributed by atoms with Crippen LogP contribution in [0.2, 0.25) is 0 Å². The highest BCUT2D eigenvalue weighted by molar-refractivity contribution is 6.52. The average Bonchev–Trinajstić information content (AvgIpc) is 2.82. The van der Waals surface area contributed by atoms with Crippen molar-refractivity contribution in [2.75, 3.05) is 13.1 Å². The van der Waals surface area contributed by atoms with E-state index >= 15 is 0 Å². The van der Waals surface area contributed by atoms with Gasteiger partial charge in [-0.15, -0.1) is 23.2 Å². The Labute approximate surface area is 105 Å². The lowest BCUT2D eigenvalue weighted by Crippen LogP contribution is -2.38. The van der Waals surface area contributed by atoms with Crippen LogP contribution in [0, 0.1) is 11.8 Å². The summed E-state index contributed by atoms with van der Waals surface area (Å²) in [5.74, 6) is -2.02. The van der Waals surface area contributed by atoms with E-state index in [2.05, 4.69) is 0 Å². The minimum atomic E-state index is -0.947. The van der Waals surface area contributed by atoms with Crippen LogP contribution in [0.4, 0.5) is 0 Å². The van der Waals surface area contributed by atoms with Gasteiger partial charge in [-0.2, -0.15) is 0 Å². The van der Waals surface area contributed by atoms with Crippen molar-refractivity contribution in [3.8, 4) is 0 Å². The third-order valence-corrected chi connectivity index (χ3v) is 3.57. The van der Waals surface area contributed by atoms with Gasteiger partial charge in [0, 0.05) is 13.1 Å². The number of hydrogen-bond acceptors (Lipinski definition) is 2. The maximum Gasteiger partial charge on any atom is 0.308 e. The van der Waals surface area contributed by atoms with Gasteiger partial charge in [-0.1, -0.05) is 6.92 Å². The molecule has 1 fully saturated rings. The van der Waals surface area contributed by atoms with E-state index in [0.717, 1.165) is 0 Å². The fourth-order valence-electron chi connectivity index (χ4n) is 1.49. The molecule has 1 amide bonds. The Kier molecular flexibility index (Phi) is 4.07. The molecule has 4 nitrogen and oxygen atoms in total. The van der Waals surface area contributed by atoms with Crippen LogP contribution < -0.4 is 0 Å². The molecule has 0 aliphatic heterocycles. The van der Waals surface area contributed by atoms with E-state index in [4.69, 9.17) is 28.3 Å². The van der Waals surface area contributed by atoms with Crippen molar-refractivity contribution >= 4 is 35.1 Å². The van der Waals surface area contributed by atoms with Gasteiger partial charge in [0.15, 0.2) is 0 Å². The van der Waals surface area contributed by atoms with Crippen LogP contribution in [-0.2, 0) is 9.59 Å². The van der Waals surface area contributed by atoms with E-state index in [1.54, 1.807) is 13.8 Å². The van der Waals surface area contributed by atoms with E-state index in [0.29, 0.717) is 13.0 Å². The lowest BCUT2D eigenvalue weighted by molar-refractivity contribution is -0.143. The molecule has 0 bridgehead atoms. The van der Waals surface area contributed by atoms with Gasteiger partial charge in [0.05, 0.1) is 11.8 Å². The molecule has 16 heavy (non-hydrogen) atoms. The van der Waals surface area contributed by atoms with Gasteiger partial charge in [0.2, 0.25) is 5.91 Å². The zero-order chi connectivity index (χ0) is 12.5. The van der Waals surface area contributed by atoms with Crippen LogP contribution in [0.5, 0.6) is 0 Å². The van der Waals surface area contributed by atoms with Gasteiger partial charge in [0.1, 0.15) is 4.33 Å². The van der Waals surface area contributed by atoms with Gasteiger partial charge in [0.25, 0.3) is 0 Å². The first-order valence-corrected chi connectivity index (χ1v) is 5.94. The highest BCUT2D eigenvalue weighted by atomic mass is 35.5. The number of carboxylic acid groups (broad SMARTS) is 1. The smallest absolute Gasteiger partial charge is 0.308 e. The van der Waals surface area contributed by atoms with Crippen LogP contribution >= 0.6 is 23.2 Å². The molecule has 0 radical (unpaired) electrons. The Morgan fingerprint density at radius 3 is 2.38 bits per heavy atom. The van der Waals surface area contributed by atoms with Crippen LogP contribution in [0.15, 0.2) is 0 Å². The predicted molar refractivity (Wildman–Crippen MR) is 61.6 cm³/mol. The quantitative estimate of drug-likeness (QED) is 0.773. The summed E-state index contributed by atoms with van der Waals surface area (Å²) >= 11 is 11.6. The highest BCUT2D eigenvalue weighted by Gasteiger charge is 2.57. The van der Waals surface area contributed by atoms with Crippen LogP contribution in [0.1, 0.15) is 20.3 Å². The largest absolute Gasteiger partial charge is 0.481 e. The zero-order valence-corrected chi connectivity index (χ0v) is 10.8. The van der Waals surface area contributed by atoms with Crippen molar-refractivity contribution in [3.63, 3.8) is 0 Å². The standard InChI is InChI=1S/C10H15Cl2NO3/c1-3-13(5-6(2)9(15)16)8(14)7-4-10(7,11)12/h6-7H,3-5H2,1-2H3,(H,15,16)/t6-,7+/m0/s1. The van der Waals surface area contributed by atoms with Crippen molar-refractivity contribution in [3.05, 3.63) is 0 Å². The lowest BCUT2D eigenvalue weighted by Gasteiger charge is -2.23. The Morgan fingerprint density at radius 1 is 1.56 bits per heavy atom. The number of halogens is 2. The summed E-state index contributed by atoms with van der Waals surface area (Å²) < 4.78 is -0.947. The maximum atomic E-state index is 11.9. The van der Waals surface area contributed by atoms with Gasteiger partial charge < -0.3 is 10.0 Å². The normalized spacial score (nSPS) is 23.6. The molecular weight excluding hydrogens is 253 g/mol. The predicted octanol–water partition coefficient (Wildman–Crippen LogP) is 1.75. The van der Waals surface area contributed by atoms with E-state index in [9.17, 15) is 9.59 Å². The molecular formula is C10H15Cl2NO3. The second-order valence-corrected chi connectivity index (χ2v) is 5.68. The number of rotatable bonds is 5. The molecule has 0 unspecified atom stereocenters. The summed E-state index contributed by atoms with van der Waals surface area (Å²) in [6.07, 6.45) is 0.451. The first-order chi connectivity index (χ1) is 7.29. The fourth-order valence-corrected chi connectivity index (χ4v) is 1.98. The SMILES string of the molecule is CCN(C[C@H](C)C(=O)O)C(=O)[C@H]1CC1(Cl)Cl. The number of alkyl halides is 2. The van der Waals surface area contributed by atoms with E-state index in [-0.39, 0.29) is 18.4 Å². The van der Waals surface area contributed by atoms with Crippen molar-refractivity contribution in [1.29, 1.82) is 0 Å². The molecule has 0 aromatic rings. The number of nitrogens with zero attached hydrogens (tertiary/aromatic N) is 1. The van der Waals surface area contributed by atoms with Crippen LogP contribution in [0.25, 0.3) is 0 Å². The average molecular weight is 268 g/mol. The molecule has 0 aromatic heterocycles. The van der Waals surface area contributed by atoms with E-state index in [1.165, 1.54) is 4.90 Å². The van der Waals surface area contributed by atoms with Crippen molar-refractivity contribution in [2.24, 2.45) is 11.8 Å². The molecule has 1 saturated carbocycles. The second-order valence-electron chi connectivity index (χ2n) is 4.13. The second kappa shape index (κ2) is 4.80. The van der Waals surface area contributed by atoms with Crippen LogP contribution in [-0.4, -0.2) is 39.3 Å². The Hall–Kier alpha value is -0.480. The molecule has 1 aliphatic rings. The summed E-state index contributed by atoms with van der Waals surface area (Å²) in [6.45, 7) is 4.04. The molecule has 1 N–H and O–H groups in total. The minimum absolute atomic E-state index is 0.152. The zero-order valence-electron chi connectivity index (χ0n) is 9.24.